The molecular formula is C23H25BrN4O3S. The summed E-state index contributed by atoms with van der Waals surface area (Å²) in [6, 6.07) is 13.8. The lowest BCUT2D eigenvalue weighted by molar-refractivity contribution is -0.139. The highest BCUT2D eigenvalue weighted by atomic mass is 79.9. The summed E-state index contributed by atoms with van der Waals surface area (Å²) in [5.41, 5.74) is 3.43. The summed E-state index contributed by atoms with van der Waals surface area (Å²) in [5, 5.41) is 9.39. The van der Waals surface area contributed by atoms with Gasteiger partial charge in [0.15, 0.2) is 5.11 Å². The fourth-order valence-electron chi connectivity index (χ4n) is 3.50. The molecule has 0 fully saturated rings. The van der Waals surface area contributed by atoms with Gasteiger partial charge in [-0.3, -0.25) is 0 Å². The largest absolute Gasteiger partial charge is 0.463 e. The Balaban J connectivity index is 1.78. The lowest BCUT2D eigenvalue weighted by atomic mass is 9.95. The molecule has 0 saturated carbocycles. The molecule has 1 heterocycles. The lowest BCUT2D eigenvalue weighted by Gasteiger charge is -2.37. The zero-order chi connectivity index (χ0) is 23.3. The zero-order valence-corrected chi connectivity index (χ0v) is 20.5. The van der Waals surface area contributed by atoms with Crippen LogP contribution in [-0.4, -0.2) is 35.2 Å². The quantitative estimate of drug-likeness (QED) is 0.362. The van der Waals surface area contributed by atoms with Crippen LogP contribution in [0.15, 0.2) is 64.3 Å². The summed E-state index contributed by atoms with van der Waals surface area (Å²) in [4.78, 5) is 26.9. The van der Waals surface area contributed by atoms with Crippen molar-refractivity contribution in [2.45, 2.75) is 26.8 Å². The van der Waals surface area contributed by atoms with E-state index in [1.807, 2.05) is 49.1 Å². The molecule has 1 aliphatic rings. The molecule has 0 radical (unpaired) electrons. The first-order valence-corrected chi connectivity index (χ1v) is 11.4. The van der Waals surface area contributed by atoms with Crippen molar-refractivity contribution >= 4 is 56.6 Å². The number of halogens is 1. The highest BCUT2D eigenvalue weighted by Crippen LogP contribution is 2.32. The van der Waals surface area contributed by atoms with Crippen LogP contribution in [0.3, 0.4) is 0 Å². The van der Waals surface area contributed by atoms with Crippen molar-refractivity contribution < 1.29 is 14.3 Å². The Morgan fingerprint density at radius 3 is 2.44 bits per heavy atom. The van der Waals surface area contributed by atoms with Gasteiger partial charge in [-0.05, 0) is 68.9 Å². The topological polar surface area (TPSA) is 82.7 Å². The summed E-state index contributed by atoms with van der Waals surface area (Å²) in [6.45, 7) is 6.55. The first kappa shape index (κ1) is 23.7. The van der Waals surface area contributed by atoms with Crippen LogP contribution in [0.2, 0.25) is 0 Å². The van der Waals surface area contributed by atoms with Gasteiger partial charge >= 0.3 is 12.0 Å². The van der Waals surface area contributed by atoms with Gasteiger partial charge in [0, 0.05) is 28.1 Å². The molecular weight excluding hydrogens is 492 g/mol. The van der Waals surface area contributed by atoms with Gasteiger partial charge in [-0.25, -0.2) is 9.59 Å². The average Bonchev–Trinajstić information content (AvgIpc) is 2.74. The number of rotatable bonds is 6. The summed E-state index contributed by atoms with van der Waals surface area (Å²) in [6.07, 6.45) is 0. The van der Waals surface area contributed by atoms with Crippen LogP contribution in [-0.2, 0) is 9.53 Å². The number of carbonyl (C=O) groups is 2. The molecule has 7 nitrogen and oxygen atoms in total. The normalized spacial score (nSPS) is 15.8. The van der Waals surface area contributed by atoms with Crippen molar-refractivity contribution in [3.63, 3.8) is 0 Å². The van der Waals surface area contributed by atoms with Crippen LogP contribution in [0.25, 0.3) is 0 Å². The van der Waals surface area contributed by atoms with Crippen molar-refractivity contribution in [2.75, 3.05) is 23.8 Å². The number of amides is 2. The van der Waals surface area contributed by atoms with Crippen LogP contribution in [0.5, 0.6) is 0 Å². The van der Waals surface area contributed by atoms with Gasteiger partial charge in [0.25, 0.3) is 0 Å². The zero-order valence-electron chi connectivity index (χ0n) is 18.1. The van der Waals surface area contributed by atoms with E-state index in [4.69, 9.17) is 17.0 Å². The summed E-state index contributed by atoms with van der Waals surface area (Å²) < 4.78 is 6.17. The van der Waals surface area contributed by atoms with Crippen LogP contribution < -0.4 is 16.0 Å². The van der Waals surface area contributed by atoms with Crippen LogP contribution in [0.1, 0.15) is 32.4 Å². The van der Waals surface area contributed by atoms with Crippen LogP contribution in [0, 0.1) is 0 Å². The van der Waals surface area contributed by atoms with Gasteiger partial charge in [0.05, 0.1) is 18.2 Å². The Hall–Kier alpha value is -2.91. The maximum Gasteiger partial charge on any atom is 0.338 e. The molecule has 2 amide bonds. The molecule has 9 heteroatoms. The SMILES string of the molecule is CCOC(=O)C1=C(C)N(CC)C(=S)NC1c1ccc(NC(=O)Nc2cccc(Br)c2)cc1. The maximum atomic E-state index is 12.7. The number of hydrogen-bond acceptors (Lipinski definition) is 4. The van der Waals surface area contributed by atoms with Gasteiger partial charge in [0.1, 0.15) is 0 Å². The van der Waals surface area contributed by atoms with E-state index in [1.54, 1.807) is 25.1 Å². The third-order valence-corrected chi connectivity index (χ3v) is 5.82. The number of thiocarbonyl (C=S) groups is 1. The molecule has 0 spiro atoms. The summed E-state index contributed by atoms with van der Waals surface area (Å²) in [5.74, 6) is -0.376. The minimum Gasteiger partial charge on any atom is -0.463 e. The third kappa shape index (κ3) is 5.46. The molecule has 32 heavy (non-hydrogen) atoms. The van der Waals surface area contributed by atoms with Crippen LogP contribution >= 0.6 is 28.1 Å². The molecule has 1 unspecified atom stereocenters. The summed E-state index contributed by atoms with van der Waals surface area (Å²) in [7, 11) is 0. The van der Waals surface area contributed by atoms with Crippen LogP contribution in [0.4, 0.5) is 16.2 Å². The van der Waals surface area contributed by atoms with E-state index >= 15 is 0 Å². The number of esters is 1. The fourth-order valence-corrected chi connectivity index (χ4v) is 4.29. The molecule has 0 saturated heterocycles. The maximum absolute atomic E-state index is 12.7. The number of carbonyl (C=O) groups excluding carboxylic acids is 2. The van der Waals surface area contributed by atoms with E-state index in [0.29, 0.717) is 28.6 Å². The van der Waals surface area contributed by atoms with Gasteiger partial charge in [-0.1, -0.05) is 34.1 Å². The van der Waals surface area contributed by atoms with E-state index in [1.165, 1.54) is 0 Å². The highest BCUT2D eigenvalue weighted by molar-refractivity contribution is 9.10. The van der Waals surface area contributed by atoms with Gasteiger partial charge in [0.2, 0.25) is 0 Å². The predicted molar refractivity (Wildman–Crippen MR) is 133 cm³/mol. The number of hydrogen-bond donors (Lipinski definition) is 3. The van der Waals surface area contributed by atoms with E-state index in [2.05, 4.69) is 31.9 Å². The minimum atomic E-state index is -0.436. The number of urea groups is 1. The molecule has 0 bridgehead atoms. The first-order chi connectivity index (χ1) is 15.3. The Kier molecular flexibility index (Phi) is 7.87. The van der Waals surface area contributed by atoms with Crippen molar-refractivity contribution in [3.8, 4) is 0 Å². The number of anilines is 2. The minimum absolute atomic E-state index is 0.287. The molecule has 1 atom stereocenters. The Labute approximate surface area is 201 Å². The van der Waals surface area contributed by atoms with E-state index in [0.717, 1.165) is 15.7 Å². The Bertz CT molecular complexity index is 1060. The molecule has 3 rings (SSSR count). The van der Waals surface area contributed by atoms with Gasteiger partial charge < -0.3 is 25.6 Å². The molecule has 0 aromatic heterocycles. The monoisotopic (exact) mass is 516 g/mol. The second-order valence-corrected chi connectivity index (χ2v) is 8.36. The number of nitrogens with one attached hydrogen (secondary N) is 3. The van der Waals surface area contributed by atoms with Crippen molar-refractivity contribution in [1.82, 2.24) is 10.2 Å². The molecule has 1 aliphatic heterocycles. The summed E-state index contributed by atoms with van der Waals surface area (Å²) >= 11 is 8.88. The van der Waals surface area contributed by atoms with E-state index in [9.17, 15) is 9.59 Å². The molecule has 0 aliphatic carbocycles. The van der Waals surface area contributed by atoms with Gasteiger partial charge in [-0.15, -0.1) is 0 Å². The van der Waals surface area contributed by atoms with Crippen molar-refractivity contribution in [2.24, 2.45) is 0 Å². The first-order valence-electron chi connectivity index (χ1n) is 10.2. The lowest BCUT2D eigenvalue weighted by Crippen LogP contribution is -2.47. The second-order valence-electron chi connectivity index (χ2n) is 7.06. The average molecular weight is 517 g/mol. The number of ether oxygens (including phenoxy) is 1. The highest BCUT2D eigenvalue weighted by Gasteiger charge is 2.34. The van der Waals surface area contributed by atoms with Crippen molar-refractivity contribution in [1.29, 1.82) is 0 Å². The van der Waals surface area contributed by atoms with Gasteiger partial charge in [-0.2, -0.15) is 0 Å². The number of allylic oxidation sites excluding steroid dienone is 1. The molecule has 2 aromatic rings. The number of nitrogens with zero attached hydrogens (tertiary/aromatic N) is 1. The number of benzene rings is 2. The molecule has 3 N–H and O–H groups in total. The van der Waals surface area contributed by atoms with E-state index in [-0.39, 0.29) is 18.6 Å². The third-order valence-electron chi connectivity index (χ3n) is 4.99. The Morgan fingerprint density at radius 2 is 1.81 bits per heavy atom. The van der Waals surface area contributed by atoms with Crippen molar-refractivity contribution in [3.05, 3.63) is 69.8 Å². The Morgan fingerprint density at radius 1 is 1.12 bits per heavy atom. The predicted octanol–water partition coefficient (Wildman–Crippen LogP) is 5.18. The molecule has 168 valence electrons. The smallest absolute Gasteiger partial charge is 0.338 e. The second kappa shape index (κ2) is 10.6. The standard InChI is InChI=1S/C23H25BrN4O3S/c1-4-28-14(3)19(21(29)31-5-2)20(27-23(28)32)15-9-11-17(12-10-15)25-22(30)26-18-8-6-7-16(24)13-18/h6-13,20H,4-5H2,1-3H3,(H,27,32)(H2,25,26,30). The molecule has 2 aromatic carbocycles. The fraction of sp³-hybridized carbons (Fsp3) is 0.261. The van der Waals surface area contributed by atoms with E-state index < -0.39 is 6.04 Å².